The summed E-state index contributed by atoms with van der Waals surface area (Å²) in [5, 5.41) is 32.8. The summed E-state index contributed by atoms with van der Waals surface area (Å²) in [6.07, 6.45) is 13.1. The predicted molar refractivity (Wildman–Crippen MR) is 167 cm³/mol. The van der Waals surface area contributed by atoms with Crippen molar-refractivity contribution in [1.29, 1.82) is 0 Å². The standard InChI is InChI=1S/C37H50O5/c1-6-9-26-18-32(38)36(33(39)19-26)30-16-22(2)11-13-28(30)24(4)10-7-8-15-41-27-20-34(40)37-31-17-23(3)12-14-29(31)25(5)42-35(37)21-27/h18-25,28-31,38-40H,6-7,9-14,16-17H2,1-5H3. The molecule has 0 saturated heterocycles. The van der Waals surface area contributed by atoms with Gasteiger partial charge in [0.1, 0.15) is 34.9 Å². The summed E-state index contributed by atoms with van der Waals surface area (Å²) in [5.41, 5.74) is 2.65. The minimum Gasteiger partial charge on any atom is -0.508 e. The maximum absolute atomic E-state index is 10.9. The maximum atomic E-state index is 10.9. The van der Waals surface area contributed by atoms with Gasteiger partial charge >= 0.3 is 0 Å². The Bertz CT molecular complexity index is 1280. The number of ether oxygens (including phenoxy) is 2. The second-order valence-corrected chi connectivity index (χ2v) is 13.7. The molecular weight excluding hydrogens is 524 g/mol. The first-order valence-corrected chi connectivity index (χ1v) is 16.4. The van der Waals surface area contributed by atoms with E-state index >= 15 is 0 Å². The van der Waals surface area contributed by atoms with E-state index in [-0.39, 0.29) is 29.3 Å². The lowest BCUT2D eigenvalue weighted by atomic mass is 9.66. The summed E-state index contributed by atoms with van der Waals surface area (Å²) in [7, 11) is 0. The van der Waals surface area contributed by atoms with Gasteiger partial charge in [0.2, 0.25) is 0 Å². The van der Waals surface area contributed by atoms with Gasteiger partial charge in [-0.3, -0.25) is 0 Å². The molecule has 3 N–H and O–H groups in total. The lowest BCUT2D eigenvalue weighted by Crippen LogP contribution is -2.37. The Kier molecular flexibility index (Phi) is 9.50. The van der Waals surface area contributed by atoms with Crippen LogP contribution in [0.3, 0.4) is 0 Å². The summed E-state index contributed by atoms with van der Waals surface area (Å²) < 4.78 is 12.0. The molecule has 5 nitrogen and oxygen atoms in total. The third kappa shape index (κ3) is 6.48. The first-order chi connectivity index (χ1) is 20.2. The fraction of sp³-hybridized carbons (Fsp3) is 0.622. The third-order valence-corrected chi connectivity index (χ3v) is 10.5. The summed E-state index contributed by atoms with van der Waals surface area (Å²) >= 11 is 0. The third-order valence-electron chi connectivity index (χ3n) is 10.5. The fourth-order valence-electron chi connectivity index (χ4n) is 8.27. The normalized spacial score (nSPS) is 29.3. The predicted octanol–water partition coefficient (Wildman–Crippen LogP) is 9.03. The van der Waals surface area contributed by atoms with E-state index in [0.717, 1.165) is 67.4 Å². The van der Waals surface area contributed by atoms with Crippen LogP contribution in [0.1, 0.15) is 121 Å². The molecule has 8 unspecified atom stereocenters. The van der Waals surface area contributed by atoms with Crippen LogP contribution >= 0.6 is 0 Å². The highest BCUT2D eigenvalue weighted by molar-refractivity contribution is 5.54. The number of rotatable bonds is 7. The van der Waals surface area contributed by atoms with Gasteiger partial charge in [0.05, 0.1) is 6.10 Å². The number of benzene rings is 2. The van der Waals surface area contributed by atoms with Gasteiger partial charge in [-0.15, -0.1) is 0 Å². The molecule has 42 heavy (non-hydrogen) atoms. The smallest absolute Gasteiger partial charge is 0.147 e. The number of hydrogen-bond donors (Lipinski definition) is 3. The van der Waals surface area contributed by atoms with Gasteiger partial charge in [-0.1, -0.05) is 52.9 Å². The zero-order valence-corrected chi connectivity index (χ0v) is 26.2. The Morgan fingerprint density at radius 1 is 0.881 bits per heavy atom. The topological polar surface area (TPSA) is 79.2 Å². The Balaban J connectivity index is 1.22. The van der Waals surface area contributed by atoms with Gasteiger partial charge in [0.25, 0.3) is 0 Å². The number of phenolic OH excluding ortho intramolecular Hbond substituents is 3. The molecule has 5 heteroatoms. The van der Waals surface area contributed by atoms with E-state index in [1.165, 1.54) is 12.8 Å². The van der Waals surface area contributed by atoms with E-state index < -0.39 is 0 Å². The van der Waals surface area contributed by atoms with Crippen molar-refractivity contribution in [3.63, 3.8) is 0 Å². The van der Waals surface area contributed by atoms with Crippen LogP contribution in [0.15, 0.2) is 24.3 Å². The molecule has 2 aliphatic carbocycles. The largest absolute Gasteiger partial charge is 0.508 e. The van der Waals surface area contributed by atoms with Gasteiger partial charge in [-0.25, -0.2) is 0 Å². The lowest BCUT2D eigenvalue weighted by molar-refractivity contribution is 0.0678. The minimum atomic E-state index is 0.127. The van der Waals surface area contributed by atoms with Crippen LogP contribution < -0.4 is 9.47 Å². The van der Waals surface area contributed by atoms with Gasteiger partial charge in [0, 0.05) is 35.6 Å². The molecule has 1 aliphatic heterocycles. The van der Waals surface area contributed by atoms with E-state index in [0.29, 0.717) is 47.7 Å². The van der Waals surface area contributed by atoms with E-state index in [4.69, 9.17) is 9.47 Å². The van der Waals surface area contributed by atoms with Crippen LogP contribution in [0, 0.1) is 41.6 Å². The average molecular weight is 575 g/mol. The quantitative estimate of drug-likeness (QED) is 0.288. The molecule has 0 spiro atoms. The molecular formula is C37H50O5. The molecule has 3 aliphatic rings. The highest BCUT2D eigenvalue weighted by Gasteiger charge is 2.41. The van der Waals surface area contributed by atoms with Crippen molar-refractivity contribution in [2.24, 2.45) is 29.6 Å². The Morgan fingerprint density at radius 2 is 1.55 bits per heavy atom. The van der Waals surface area contributed by atoms with Crippen LogP contribution in [0.5, 0.6) is 28.7 Å². The zero-order valence-electron chi connectivity index (χ0n) is 26.2. The van der Waals surface area contributed by atoms with Crippen molar-refractivity contribution < 1.29 is 24.8 Å². The highest BCUT2D eigenvalue weighted by atomic mass is 16.5. The van der Waals surface area contributed by atoms with Gasteiger partial charge in [-0.2, -0.15) is 0 Å². The molecule has 1 heterocycles. The summed E-state index contributed by atoms with van der Waals surface area (Å²) in [5.74, 6) is 8.05. The molecule has 2 aromatic rings. The van der Waals surface area contributed by atoms with Crippen LogP contribution in [0.25, 0.3) is 0 Å². The summed E-state index contributed by atoms with van der Waals surface area (Å²) in [6, 6.07) is 7.27. The first-order valence-electron chi connectivity index (χ1n) is 16.4. The highest BCUT2D eigenvalue weighted by Crippen LogP contribution is 2.53. The SMILES string of the molecule is CCCc1cc(O)c(C2CC(C)CCC2C(C)CCC#COc2cc(O)c3c(c2)OC(C)C2CCC(C)CC32)c(O)c1. The van der Waals surface area contributed by atoms with E-state index in [1.807, 2.05) is 18.2 Å². The maximum Gasteiger partial charge on any atom is 0.147 e. The Morgan fingerprint density at radius 3 is 2.26 bits per heavy atom. The van der Waals surface area contributed by atoms with Crippen molar-refractivity contribution in [1.82, 2.24) is 0 Å². The van der Waals surface area contributed by atoms with Crippen molar-refractivity contribution in [2.75, 3.05) is 0 Å². The second-order valence-electron chi connectivity index (χ2n) is 13.7. The second kappa shape index (κ2) is 13.1. The molecule has 2 fully saturated rings. The van der Waals surface area contributed by atoms with Crippen LogP contribution in [0.4, 0.5) is 0 Å². The number of phenols is 3. The molecule has 5 rings (SSSR count). The molecule has 0 amide bonds. The molecule has 0 radical (unpaired) electrons. The van der Waals surface area contributed by atoms with E-state index in [2.05, 4.69) is 46.6 Å². The molecule has 2 aromatic carbocycles. The van der Waals surface area contributed by atoms with Crippen LogP contribution in [-0.2, 0) is 6.42 Å². The summed E-state index contributed by atoms with van der Waals surface area (Å²) in [6.45, 7) is 11.1. The fourth-order valence-corrected chi connectivity index (χ4v) is 8.27. The number of fused-ring (bicyclic) bond motifs is 3. The molecule has 0 bridgehead atoms. The molecule has 228 valence electrons. The summed E-state index contributed by atoms with van der Waals surface area (Å²) in [4.78, 5) is 0. The van der Waals surface area contributed by atoms with E-state index in [1.54, 1.807) is 6.07 Å². The Labute approximate surface area is 252 Å². The number of aryl methyl sites for hydroxylation is 1. The number of hydrogen-bond acceptors (Lipinski definition) is 5. The number of aromatic hydroxyl groups is 3. The van der Waals surface area contributed by atoms with Crippen molar-refractivity contribution in [3.8, 4) is 40.8 Å². The van der Waals surface area contributed by atoms with Crippen molar-refractivity contribution >= 4 is 0 Å². The van der Waals surface area contributed by atoms with Crippen molar-refractivity contribution in [3.05, 3.63) is 41.0 Å². The monoisotopic (exact) mass is 574 g/mol. The van der Waals surface area contributed by atoms with Gasteiger partial charge in [-0.05, 0) is 98.7 Å². The van der Waals surface area contributed by atoms with Gasteiger partial charge < -0.3 is 24.8 Å². The van der Waals surface area contributed by atoms with E-state index in [9.17, 15) is 15.3 Å². The Hall–Kier alpha value is -3.00. The first kappa shape index (κ1) is 30.5. The van der Waals surface area contributed by atoms with Crippen LogP contribution in [0.2, 0.25) is 0 Å². The molecule has 2 saturated carbocycles. The van der Waals surface area contributed by atoms with Gasteiger partial charge in [0.15, 0.2) is 0 Å². The van der Waals surface area contributed by atoms with Crippen LogP contribution in [-0.4, -0.2) is 21.4 Å². The zero-order chi connectivity index (χ0) is 30.0. The minimum absolute atomic E-state index is 0.127. The van der Waals surface area contributed by atoms with Crippen molar-refractivity contribution in [2.45, 2.75) is 117 Å². The average Bonchev–Trinajstić information content (AvgIpc) is 2.92. The lowest BCUT2D eigenvalue weighted by Gasteiger charge is -2.43. The molecule has 8 atom stereocenters. The molecule has 0 aromatic heterocycles.